The molecule has 2 aromatic rings. The molecule has 1 heterocycles. The quantitative estimate of drug-likeness (QED) is 0.759. The van der Waals surface area contributed by atoms with Crippen LogP contribution < -0.4 is 5.32 Å². The van der Waals surface area contributed by atoms with Crippen molar-refractivity contribution in [3.05, 3.63) is 55.9 Å². The van der Waals surface area contributed by atoms with Crippen molar-refractivity contribution in [2.24, 2.45) is 0 Å². The van der Waals surface area contributed by atoms with Gasteiger partial charge in [-0.3, -0.25) is 0 Å². The minimum Gasteiger partial charge on any atom is -0.309 e. The van der Waals surface area contributed by atoms with Gasteiger partial charge in [0.2, 0.25) is 0 Å². The van der Waals surface area contributed by atoms with Gasteiger partial charge in [-0.05, 0) is 64.0 Å². The van der Waals surface area contributed by atoms with E-state index in [0.29, 0.717) is 4.47 Å². The first-order valence-corrected chi connectivity index (χ1v) is 8.57. The third kappa shape index (κ3) is 3.48. The van der Waals surface area contributed by atoms with Crippen LogP contribution in [0.4, 0.5) is 4.39 Å². The first kappa shape index (κ1) is 15.7. The zero-order valence-corrected chi connectivity index (χ0v) is 14.2. The molecule has 108 valence electrons. The number of nitrogens with one attached hydrogen (secondary N) is 1. The fourth-order valence-electron chi connectivity index (χ4n) is 2.38. The minimum absolute atomic E-state index is 0.195. The number of thiophene rings is 1. The highest BCUT2D eigenvalue weighted by Gasteiger charge is 2.18. The Morgan fingerprint density at radius 2 is 2.05 bits per heavy atom. The van der Waals surface area contributed by atoms with Gasteiger partial charge >= 0.3 is 0 Å². The van der Waals surface area contributed by atoms with Gasteiger partial charge in [0, 0.05) is 10.9 Å². The molecule has 0 radical (unpaired) electrons. The first-order chi connectivity index (χ1) is 9.67. The molecule has 1 aromatic carbocycles. The molecular weight excluding hydrogens is 337 g/mol. The number of hydrogen-bond acceptors (Lipinski definition) is 2. The van der Waals surface area contributed by atoms with Gasteiger partial charge in [0.05, 0.1) is 4.47 Å². The molecule has 1 nitrogen and oxygen atoms in total. The Balaban J connectivity index is 2.28. The fraction of sp³-hybridized carbons (Fsp3) is 0.375. The number of rotatable bonds is 6. The van der Waals surface area contributed by atoms with E-state index in [1.807, 2.05) is 6.07 Å². The van der Waals surface area contributed by atoms with Gasteiger partial charge in [-0.25, -0.2) is 4.39 Å². The first-order valence-electron chi connectivity index (χ1n) is 6.89. The molecule has 0 bridgehead atoms. The largest absolute Gasteiger partial charge is 0.309 e. The molecular formula is C16H19BrFNS. The molecule has 0 aliphatic carbocycles. The van der Waals surface area contributed by atoms with E-state index in [1.165, 1.54) is 16.5 Å². The standard InChI is InChI=1S/C16H19BrFNS/c1-3-11-8-9-20-16(11)14(19-4-2)10-12-6-5-7-13(18)15(12)17/h5-9,14,19H,3-4,10H2,1-2H3. The van der Waals surface area contributed by atoms with E-state index in [9.17, 15) is 4.39 Å². The highest BCUT2D eigenvalue weighted by Crippen LogP contribution is 2.30. The summed E-state index contributed by atoms with van der Waals surface area (Å²) in [7, 11) is 0. The normalized spacial score (nSPS) is 12.6. The molecule has 0 aliphatic heterocycles. The second-order valence-corrected chi connectivity index (χ2v) is 6.43. The Morgan fingerprint density at radius 3 is 2.75 bits per heavy atom. The maximum atomic E-state index is 13.6. The highest BCUT2D eigenvalue weighted by atomic mass is 79.9. The smallest absolute Gasteiger partial charge is 0.137 e. The van der Waals surface area contributed by atoms with Crippen LogP contribution >= 0.6 is 27.3 Å². The number of halogens is 2. The lowest BCUT2D eigenvalue weighted by Crippen LogP contribution is -2.23. The Morgan fingerprint density at radius 1 is 1.25 bits per heavy atom. The third-order valence-corrected chi connectivity index (χ3v) is 5.35. The number of aryl methyl sites for hydroxylation is 1. The van der Waals surface area contributed by atoms with E-state index in [4.69, 9.17) is 0 Å². The van der Waals surface area contributed by atoms with Crippen LogP contribution in [0.25, 0.3) is 0 Å². The zero-order valence-electron chi connectivity index (χ0n) is 11.7. The van der Waals surface area contributed by atoms with Gasteiger partial charge in [0.1, 0.15) is 5.82 Å². The monoisotopic (exact) mass is 355 g/mol. The summed E-state index contributed by atoms with van der Waals surface area (Å²) in [6.07, 6.45) is 1.82. The summed E-state index contributed by atoms with van der Waals surface area (Å²) in [6.45, 7) is 5.18. The van der Waals surface area contributed by atoms with E-state index < -0.39 is 0 Å². The summed E-state index contributed by atoms with van der Waals surface area (Å²) in [5.41, 5.74) is 2.39. The summed E-state index contributed by atoms with van der Waals surface area (Å²) in [6, 6.07) is 7.67. The second-order valence-electron chi connectivity index (χ2n) is 4.69. The Kier molecular flexibility index (Phi) is 5.75. The Bertz CT molecular complexity index is 567. The molecule has 4 heteroatoms. The van der Waals surface area contributed by atoms with Crippen LogP contribution in [0.2, 0.25) is 0 Å². The predicted molar refractivity (Wildman–Crippen MR) is 87.9 cm³/mol. The van der Waals surface area contributed by atoms with Crippen molar-refractivity contribution in [1.82, 2.24) is 5.32 Å². The van der Waals surface area contributed by atoms with Crippen molar-refractivity contribution in [3.63, 3.8) is 0 Å². The molecule has 0 amide bonds. The highest BCUT2D eigenvalue weighted by molar-refractivity contribution is 9.10. The molecule has 20 heavy (non-hydrogen) atoms. The van der Waals surface area contributed by atoms with Gasteiger partial charge in [0.25, 0.3) is 0 Å². The lowest BCUT2D eigenvalue weighted by Gasteiger charge is -2.19. The maximum absolute atomic E-state index is 13.6. The van der Waals surface area contributed by atoms with E-state index in [1.54, 1.807) is 17.4 Å². The van der Waals surface area contributed by atoms with Crippen LogP contribution in [0.15, 0.2) is 34.1 Å². The van der Waals surface area contributed by atoms with Crippen molar-refractivity contribution in [2.75, 3.05) is 6.54 Å². The molecule has 1 unspecified atom stereocenters. The van der Waals surface area contributed by atoms with Crippen LogP contribution in [0.1, 0.15) is 35.9 Å². The SMILES string of the molecule is CCNC(Cc1cccc(F)c1Br)c1sccc1CC. The topological polar surface area (TPSA) is 12.0 Å². The minimum atomic E-state index is -0.195. The molecule has 0 aliphatic rings. The molecule has 1 N–H and O–H groups in total. The molecule has 0 spiro atoms. The van der Waals surface area contributed by atoms with Crippen LogP contribution in [0.5, 0.6) is 0 Å². The van der Waals surface area contributed by atoms with E-state index in [0.717, 1.165) is 24.9 Å². The van der Waals surface area contributed by atoms with Crippen molar-refractivity contribution < 1.29 is 4.39 Å². The van der Waals surface area contributed by atoms with Crippen molar-refractivity contribution in [3.8, 4) is 0 Å². The number of hydrogen-bond donors (Lipinski definition) is 1. The molecule has 0 saturated carbocycles. The van der Waals surface area contributed by atoms with Crippen molar-refractivity contribution in [2.45, 2.75) is 32.7 Å². The summed E-state index contributed by atoms with van der Waals surface area (Å²) in [5.74, 6) is -0.195. The van der Waals surface area contributed by atoms with Crippen LogP contribution in [0.3, 0.4) is 0 Å². The molecule has 1 aromatic heterocycles. The third-order valence-electron chi connectivity index (χ3n) is 3.38. The molecule has 1 atom stereocenters. The summed E-state index contributed by atoms with van der Waals surface area (Å²) >= 11 is 5.14. The van der Waals surface area contributed by atoms with Gasteiger partial charge in [0.15, 0.2) is 0 Å². The fourth-order valence-corrected chi connectivity index (χ4v) is 3.88. The van der Waals surface area contributed by atoms with Crippen molar-refractivity contribution >= 4 is 27.3 Å². The number of likely N-dealkylation sites (N-methyl/N-ethyl adjacent to an activating group) is 1. The maximum Gasteiger partial charge on any atom is 0.137 e. The average Bonchev–Trinajstić information content (AvgIpc) is 2.91. The van der Waals surface area contributed by atoms with Crippen LogP contribution in [-0.2, 0) is 12.8 Å². The number of benzene rings is 1. The summed E-state index contributed by atoms with van der Waals surface area (Å²) in [5, 5.41) is 5.66. The van der Waals surface area contributed by atoms with E-state index >= 15 is 0 Å². The van der Waals surface area contributed by atoms with Gasteiger partial charge in [-0.15, -0.1) is 11.3 Å². The molecule has 2 rings (SSSR count). The molecule has 0 fully saturated rings. The van der Waals surface area contributed by atoms with Crippen LogP contribution in [-0.4, -0.2) is 6.54 Å². The van der Waals surface area contributed by atoms with Crippen LogP contribution in [0, 0.1) is 5.82 Å². The lowest BCUT2D eigenvalue weighted by molar-refractivity contribution is 0.549. The average molecular weight is 356 g/mol. The van der Waals surface area contributed by atoms with E-state index in [2.05, 4.69) is 46.5 Å². The zero-order chi connectivity index (χ0) is 14.5. The lowest BCUT2D eigenvalue weighted by atomic mass is 10.0. The molecule has 0 saturated heterocycles. The van der Waals surface area contributed by atoms with Gasteiger partial charge in [-0.1, -0.05) is 26.0 Å². The van der Waals surface area contributed by atoms with Crippen molar-refractivity contribution in [1.29, 1.82) is 0 Å². The summed E-state index contributed by atoms with van der Waals surface area (Å²) in [4.78, 5) is 1.37. The van der Waals surface area contributed by atoms with E-state index in [-0.39, 0.29) is 11.9 Å². The second kappa shape index (κ2) is 7.34. The Hall–Kier alpha value is -0.710. The van der Waals surface area contributed by atoms with Gasteiger partial charge < -0.3 is 5.32 Å². The summed E-state index contributed by atoms with van der Waals surface area (Å²) < 4.78 is 14.2. The van der Waals surface area contributed by atoms with Gasteiger partial charge in [-0.2, -0.15) is 0 Å². The Labute approximate surface area is 132 Å². The predicted octanol–water partition coefficient (Wildman–Crippen LogP) is 5.11.